The molecule has 0 aromatic carbocycles. The molecule has 0 fully saturated rings. The van der Waals surface area contributed by atoms with Gasteiger partial charge in [-0.25, -0.2) is 0 Å². The Kier molecular flexibility index (Phi) is 6.76. The molecule has 1 unspecified atom stereocenters. The Morgan fingerprint density at radius 2 is 2.25 bits per heavy atom. The van der Waals surface area contributed by atoms with Gasteiger partial charge in [0.05, 0.1) is 6.10 Å². The number of carbonyl (C=O) groups is 1. The van der Waals surface area contributed by atoms with E-state index in [4.69, 9.17) is 9.84 Å². The Hall–Kier alpha value is -0.570. The van der Waals surface area contributed by atoms with Gasteiger partial charge in [0, 0.05) is 13.0 Å². The van der Waals surface area contributed by atoms with Crippen molar-refractivity contribution in [3.8, 4) is 0 Å². The summed E-state index contributed by atoms with van der Waals surface area (Å²) in [6.07, 6.45) is 3.25. The highest BCUT2D eigenvalue weighted by Gasteiger charge is 2.01. The van der Waals surface area contributed by atoms with Crippen LogP contribution in [0, 0.1) is 0 Å². The van der Waals surface area contributed by atoms with E-state index < -0.39 is 5.97 Å². The van der Waals surface area contributed by atoms with E-state index in [1.807, 2.05) is 6.92 Å². The minimum atomic E-state index is -0.748. The third-order valence-corrected chi connectivity index (χ3v) is 1.63. The Balaban J connectivity index is 3.13. The zero-order chi connectivity index (χ0) is 9.40. The van der Waals surface area contributed by atoms with Crippen LogP contribution in [-0.4, -0.2) is 23.8 Å². The monoisotopic (exact) mass is 174 g/mol. The molecule has 0 saturated carbocycles. The summed E-state index contributed by atoms with van der Waals surface area (Å²) in [6, 6.07) is 0. The number of carboxylic acid groups (broad SMARTS) is 1. The van der Waals surface area contributed by atoms with Crippen molar-refractivity contribution in [3.05, 3.63) is 0 Å². The first-order valence-corrected chi connectivity index (χ1v) is 4.50. The van der Waals surface area contributed by atoms with Gasteiger partial charge in [-0.3, -0.25) is 4.79 Å². The van der Waals surface area contributed by atoms with Crippen molar-refractivity contribution in [2.45, 2.75) is 45.6 Å². The topological polar surface area (TPSA) is 46.5 Å². The summed E-state index contributed by atoms with van der Waals surface area (Å²) in [6.45, 7) is 4.69. The van der Waals surface area contributed by atoms with E-state index in [1.165, 1.54) is 0 Å². The van der Waals surface area contributed by atoms with Crippen molar-refractivity contribution < 1.29 is 14.6 Å². The highest BCUT2D eigenvalue weighted by atomic mass is 16.5. The van der Waals surface area contributed by atoms with Crippen LogP contribution in [0.15, 0.2) is 0 Å². The van der Waals surface area contributed by atoms with Crippen LogP contribution < -0.4 is 0 Å². The normalized spacial score (nSPS) is 12.8. The van der Waals surface area contributed by atoms with Gasteiger partial charge in [-0.1, -0.05) is 13.3 Å². The van der Waals surface area contributed by atoms with Gasteiger partial charge in [0.25, 0.3) is 0 Å². The summed E-state index contributed by atoms with van der Waals surface area (Å²) in [5.74, 6) is -0.748. The molecule has 0 aliphatic rings. The summed E-state index contributed by atoms with van der Waals surface area (Å²) in [5, 5.41) is 8.33. The lowest BCUT2D eigenvalue weighted by atomic mass is 10.2. The third-order valence-electron chi connectivity index (χ3n) is 1.63. The van der Waals surface area contributed by atoms with Gasteiger partial charge < -0.3 is 9.84 Å². The number of ether oxygens (including phenoxy) is 1. The maximum atomic E-state index is 10.1. The van der Waals surface area contributed by atoms with E-state index >= 15 is 0 Å². The first-order valence-electron chi connectivity index (χ1n) is 4.50. The first-order chi connectivity index (χ1) is 5.66. The Morgan fingerprint density at radius 3 is 2.75 bits per heavy atom. The third kappa shape index (κ3) is 7.54. The number of hydrogen-bond acceptors (Lipinski definition) is 2. The average molecular weight is 174 g/mol. The molecule has 0 amide bonds. The largest absolute Gasteiger partial charge is 0.481 e. The molecule has 0 aliphatic heterocycles. The van der Waals surface area contributed by atoms with Crippen molar-refractivity contribution in [2.75, 3.05) is 6.61 Å². The highest BCUT2D eigenvalue weighted by Crippen LogP contribution is 2.01. The minimum absolute atomic E-state index is 0.207. The average Bonchev–Trinajstić information content (AvgIpc) is 1.98. The van der Waals surface area contributed by atoms with Gasteiger partial charge in [-0.2, -0.15) is 0 Å². The van der Waals surface area contributed by atoms with Crippen LogP contribution in [0.2, 0.25) is 0 Å². The second kappa shape index (κ2) is 7.10. The van der Waals surface area contributed by atoms with E-state index in [1.54, 1.807) is 0 Å². The number of hydrogen-bond donors (Lipinski definition) is 1. The molecule has 1 N–H and O–H groups in total. The van der Waals surface area contributed by atoms with Crippen molar-refractivity contribution in [1.82, 2.24) is 0 Å². The molecule has 0 aliphatic carbocycles. The number of aliphatic carboxylic acids is 1. The van der Waals surface area contributed by atoms with Crippen LogP contribution in [-0.2, 0) is 9.53 Å². The van der Waals surface area contributed by atoms with Crippen molar-refractivity contribution >= 4 is 5.97 Å². The maximum absolute atomic E-state index is 10.1. The fraction of sp³-hybridized carbons (Fsp3) is 0.889. The summed E-state index contributed by atoms with van der Waals surface area (Å²) in [4.78, 5) is 10.1. The molecule has 0 spiro atoms. The Bertz CT molecular complexity index is 123. The molecule has 0 radical (unpaired) electrons. The van der Waals surface area contributed by atoms with Crippen molar-refractivity contribution in [2.24, 2.45) is 0 Å². The van der Waals surface area contributed by atoms with Crippen LogP contribution in [0.5, 0.6) is 0 Å². The van der Waals surface area contributed by atoms with Gasteiger partial charge in [-0.15, -0.1) is 0 Å². The predicted octanol–water partition coefficient (Wildman–Crippen LogP) is 2.06. The van der Waals surface area contributed by atoms with Gasteiger partial charge in [-0.05, 0) is 19.8 Å². The van der Waals surface area contributed by atoms with Gasteiger partial charge in [0.1, 0.15) is 0 Å². The first kappa shape index (κ1) is 11.4. The second-order valence-electron chi connectivity index (χ2n) is 2.97. The summed E-state index contributed by atoms with van der Waals surface area (Å²) in [5.41, 5.74) is 0. The molecule has 0 aromatic rings. The van der Waals surface area contributed by atoms with Crippen LogP contribution in [0.1, 0.15) is 39.5 Å². The standard InChI is InChI=1S/C9H18O3/c1-3-5-8(2)12-7-4-6-9(10)11/h8H,3-7H2,1-2H3,(H,10,11). The molecule has 72 valence electrons. The molecule has 0 heterocycles. The molecular formula is C9H18O3. The Morgan fingerprint density at radius 1 is 1.58 bits per heavy atom. The van der Waals surface area contributed by atoms with E-state index in [0.29, 0.717) is 13.0 Å². The van der Waals surface area contributed by atoms with Gasteiger partial charge in [0.15, 0.2) is 0 Å². The lowest BCUT2D eigenvalue weighted by Crippen LogP contribution is -2.09. The molecule has 3 nitrogen and oxygen atoms in total. The summed E-state index contributed by atoms with van der Waals surface area (Å²) >= 11 is 0. The van der Waals surface area contributed by atoms with E-state index in [-0.39, 0.29) is 12.5 Å². The zero-order valence-electron chi connectivity index (χ0n) is 7.88. The summed E-state index contributed by atoms with van der Waals surface area (Å²) < 4.78 is 5.37. The van der Waals surface area contributed by atoms with E-state index in [9.17, 15) is 4.79 Å². The summed E-state index contributed by atoms with van der Waals surface area (Å²) in [7, 11) is 0. The van der Waals surface area contributed by atoms with Crippen LogP contribution in [0.4, 0.5) is 0 Å². The quantitative estimate of drug-likeness (QED) is 0.601. The van der Waals surface area contributed by atoms with Gasteiger partial charge in [0.2, 0.25) is 0 Å². The SMILES string of the molecule is CCCC(C)OCCCC(=O)O. The molecule has 0 aromatic heterocycles. The zero-order valence-corrected chi connectivity index (χ0v) is 7.88. The fourth-order valence-electron chi connectivity index (χ4n) is 0.998. The van der Waals surface area contributed by atoms with Crippen LogP contribution >= 0.6 is 0 Å². The van der Waals surface area contributed by atoms with E-state index in [0.717, 1.165) is 12.8 Å². The molecule has 12 heavy (non-hydrogen) atoms. The van der Waals surface area contributed by atoms with Gasteiger partial charge >= 0.3 is 5.97 Å². The lowest BCUT2D eigenvalue weighted by molar-refractivity contribution is -0.137. The Labute approximate surface area is 73.7 Å². The van der Waals surface area contributed by atoms with Crippen LogP contribution in [0.3, 0.4) is 0 Å². The molecule has 0 saturated heterocycles. The maximum Gasteiger partial charge on any atom is 0.303 e. The minimum Gasteiger partial charge on any atom is -0.481 e. The molecule has 3 heteroatoms. The molecule has 0 bridgehead atoms. The molecule has 1 atom stereocenters. The lowest BCUT2D eigenvalue weighted by Gasteiger charge is -2.10. The smallest absolute Gasteiger partial charge is 0.303 e. The van der Waals surface area contributed by atoms with Crippen molar-refractivity contribution in [1.29, 1.82) is 0 Å². The number of rotatable bonds is 7. The van der Waals surface area contributed by atoms with Crippen LogP contribution in [0.25, 0.3) is 0 Å². The van der Waals surface area contributed by atoms with Crippen molar-refractivity contribution in [3.63, 3.8) is 0 Å². The van der Waals surface area contributed by atoms with E-state index in [2.05, 4.69) is 6.92 Å². The predicted molar refractivity (Wildman–Crippen MR) is 47.2 cm³/mol. The highest BCUT2D eigenvalue weighted by molar-refractivity contribution is 5.66. The fourth-order valence-corrected chi connectivity index (χ4v) is 0.998. The molecular weight excluding hydrogens is 156 g/mol. The second-order valence-corrected chi connectivity index (χ2v) is 2.97. The number of carboxylic acids is 1. The molecule has 0 rings (SSSR count).